The van der Waals surface area contributed by atoms with E-state index in [1.54, 1.807) is 56.5 Å². The van der Waals surface area contributed by atoms with Crippen LogP contribution in [-0.2, 0) is 14.3 Å². The summed E-state index contributed by atoms with van der Waals surface area (Å²) in [4.78, 5) is 45.0. The van der Waals surface area contributed by atoms with E-state index in [0.717, 1.165) is 6.42 Å². The summed E-state index contributed by atoms with van der Waals surface area (Å²) in [6, 6.07) is 12.8. The number of methoxy groups -OCH3 is 2. The minimum absolute atomic E-state index is 0.177. The molecule has 228 valence electrons. The van der Waals surface area contributed by atoms with Crippen molar-refractivity contribution in [3.8, 4) is 17.1 Å². The van der Waals surface area contributed by atoms with E-state index in [1.165, 1.54) is 23.0 Å². The Hall–Kier alpha value is -3.93. The molecule has 0 fully saturated rings. The highest BCUT2D eigenvalue weighted by atomic mass is 79.9. The molecule has 0 unspecified atom stereocenters. The average Bonchev–Trinajstić information content (AvgIpc) is 3.60. The van der Waals surface area contributed by atoms with Gasteiger partial charge in [0.2, 0.25) is 0 Å². The molecule has 1 aliphatic heterocycles. The monoisotopic (exact) mass is 698 g/mol. The van der Waals surface area contributed by atoms with Crippen molar-refractivity contribution in [3.05, 3.63) is 106 Å². The van der Waals surface area contributed by atoms with Crippen molar-refractivity contribution in [1.82, 2.24) is 4.57 Å². The highest BCUT2D eigenvalue weighted by molar-refractivity contribution is 9.10. The maximum Gasteiger partial charge on any atom is 0.338 e. The maximum absolute atomic E-state index is 14.1. The zero-order valence-electron chi connectivity index (χ0n) is 24.3. The van der Waals surface area contributed by atoms with Crippen LogP contribution in [0.1, 0.15) is 54.4 Å². The number of esters is 2. The lowest BCUT2D eigenvalue weighted by molar-refractivity contribution is -0.139. The minimum atomic E-state index is -0.780. The molecule has 0 N–H and O–H groups in total. The van der Waals surface area contributed by atoms with Gasteiger partial charge in [-0.15, -0.1) is 0 Å². The van der Waals surface area contributed by atoms with Crippen molar-refractivity contribution in [2.24, 2.45) is 4.99 Å². The van der Waals surface area contributed by atoms with Gasteiger partial charge >= 0.3 is 11.9 Å². The number of thiazole rings is 1. The molecule has 9 nitrogen and oxygen atoms in total. The van der Waals surface area contributed by atoms with Crippen LogP contribution in [-0.4, -0.2) is 37.3 Å². The number of carbonyl (C=O) groups is 2. The molecule has 0 radical (unpaired) electrons. The number of benzene rings is 2. The smallest absolute Gasteiger partial charge is 0.338 e. The Labute approximate surface area is 270 Å². The Kier molecular flexibility index (Phi) is 9.57. The summed E-state index contributed by atoms with van der Waals surface area (Å²) in [6.45, 7) is 3.91. The van der Waals surface area contributed by atoms with Gasteiger partial charge in [0.05, 0.1) is 52.7 Å². The van der Waals surface area contributed by atoms with E-state index >= 15 is 0 Å². The van der Waals surface area contributed by atoms with Crippen LogP contribution in [0.4, 0.5) is 0 Å². The zero-order valence-corrected chi connectivity index (χ0v) is 27.5. The number of allylic oxidation sites excluding steroid dienone is 1. The highest BCUT2D eigenvalue weighted by Crippen LogP contribution is 2.36. The quantitative estimate of drug-likeness (QED) is 0.196. The molecular weight excluding hydrogens is 672 g/mol. The van der Waals surface area contributed by atoms with Crippen LogP contribution < -0.4 is 19.6 Å². The van der Waals surface area contributed by atoms with Crippen molar-refractivity contribution < 1.29 is 28.2 Å². The van der Waals surface area contributed by atoms with Crippen LogP contribution >= 0.6 is 38.9 Å². The standard InChI is InChI=1S/C32H28BrClN2O7S/c1-5-7-23-27(31(39)42-6-2)28(17-8-12-25(40-3)22(33)14-17)36-29(37)26(44-32(36)35-23)16-19-10-13-24(43-19)21-15-18(34)9-11-20(21)30(38)41-4/h8-16,28H,5-7H2,1-4H3/b26-16+/t28-/m1/s1. The Morgan fingerprint density at radius 2 is 1.91 bits per heavy atom. The summed E-state index contributed by atoms with van der Waals surface area (Å²) in [5.74, 6) is 0.309. The largest absolute Gasteiger partial charge is 0.496 e. The molecule has 0 saturated carbocycles. The van der Waals surface area contributed by atoms with Crippen LogP contribution in [0.5, 0.6) is 5.75 Å². The third kappa shape index (κ3) is 6.04. The fourth-order valence-electron chi connectivity index (χ4n) is 5.00. The lowest BCUT2D eigenvalue weighted by atomic mass is 9.94. The van der Waals surface area contributed by atoms with Gasteiger partial charge in [-0.25, -0.2) is 14.6 Å². The number of rotatable bonds is 9. The molecule has 2 aromatic carbocycles. The van der Waals surface area contributed by atoms with E-state index in [9.17, 15) is 14.4 Å². The van der Waals surface area contributed by atoms with E-state index in [-0.39, 0.29) is 17.7 Å². The van der Waals surface area contributed by atoms with Gasteiger partial charge in [0.25, 0.3) is 5.56 Å². The number of nitrogens with zero attached hydrogens (tertiary/aromatic N) is 2. The highest BCUT2D eigenvalue weighted by Gasteiger charge is 2.34. The molecule has 0 spiro atoms. The second kappa shape index (κ2) is 13.4. The zero-order chi connectivity index (χ0) is 31.5. The number of hydrogen-bond donors (Lipinski definition) is 0. The number of carbonyl (C=O) groups excluding carboxylic acids is 2. The Morgan fingerprint density at radius 1 is 1.11 bits per heavy atom. The molecule has 0 bridgehead atoms. The number of furan rings is 1. The summed E-state index contributed by atoms with van der Waals surface area (Å²) in [5, 5.41) is 0.421. The number of fused-ring (bicyclic) bond motifs is 1. The molecule has 0 saturated heterocycles. The molecule has 2 aromatic heterocycles. The molecule has 44 heavy (non-hydrogen) atoms. The third-order valence-corrected chi connectivity index (χ3v) is 8.77. The molecule has 1 atom stereocenters. The van der Waals surface area contributed by atoms with Gasteiger partial charge in [0, 0.05) is 16.7 Å². The Balaban J connectivity index is 1.68. The Morgan fingerprint density at radius 3 is 2.59 bits per heavy atom. The maximum atomic E-state index is 14.1. The first-order valence-electron chi connectivity index (χ1n) is 13.7. The van der Waals surface area contributed by atoms with Gasteiger partial charge < -0.3 is 18.6 Å². The normalized spacial score (nSPS) is 14.7. The van der Waals surface area contributed by atoms with E-state index in [4.69, 9.17) is 35.2 Å². The van der Waals surface area contributed by atoms with E-state index < -0.39 is 18.0 Å². The van der Waals surface area contributed by atoms with Gasteiger partial charge in [0.15, 0.2) is 4.80 Å². The Bertz CT molecular complexity index is 1970. The van der Waals surface area contributed by atoms with Crippen LogP contribution in [0, 0.1) is 0 Å². The van der Waals surface area contributed by atoms with Crippen molar-refractivity contribution in [2.45, 2.75) is 32.7 Å². The topological polar surface area (TPSA) is 109 Å². The second-order valence-corrected chi connectivity index (χ2v) is 12.0. The van der Waals surface area contributed by atoms with E-state index in [2.05, 4.69) is 15.9 Å². The number of aromatic nitrogens is 1. The predicted molar refractivity (Wildman–Crippen MR) is 171 cm³/mol. The number of halogens is 2. The predicted octanol–water partition coefficient (Wildman–Crippen LogP) is 6.05. The summed E-state index contributed by atoms with van der Waals surface area (Å²) in [5.41, 5.74) is 1.98. The fraction of sp³-hybridized carbons (Fsp3) is 0.250. The molecule has 4 aromatic rings. The lowest BCUT2D eigenvalue weighted by Crippen LogP contribution is -2.40. The molecule has 0 amide bonds. The van der Waals surface area contributed by atoms with E-state index in [1.807, 2.05) is 19.1 Å². The van der Waals surface area contributed by atoms with Gasteiger partial charge in [0.1, 0.15) is 17.3 Å². The third-order valence-electron chi connectivity index (χ3n) is 6.94. The SMILES string of the molecule is CCCC1=C(C(=O)OCC)[C@@H](c2ccc(OC)c(Br)c2)n2c(s/c(=C/c3ccc(-c4cc(Cl)ccc4C(=O)OC)o3)c2=O)=N1. The van der Waals surface area contributed by atoms with Crippen molar-refractivity contribution in [1.29, 1.82) is 0 Å². The van der Waals surface area contributed by atoms with Crippen molar-refractivity contribution >= 4 is 56.9 Å². The summed E-state index contributed by atoms with van der Waals surface area (Å²) < 4.78 is 24.4. The van der Waals surface area contributed by atoms with Crippen LogP contribution in [0.2, 0.25) is 5.02 Å². The van der Waals surface area contributed by atoms with Gasteiger partial charge in [-0.05, 0) is 77.3 Å². The first-order valence-corrected chi connectivity index (χ1v) is 15.7. The summed E-state index contributed by atoms with van der Waals surface area (Å²) in [6.07, 6.45) is 2.88. The molecule has 3 heterocycles. The van der Waals surface area contributed by atoms with Crippen LogP contribution in [0.3, 0.4) is 0 Å². The van der Waals surface area contributed by atoms with Crippen LogP contribution in [0.15, 0.2) is 78.5 Å². The number of hydrogen-bond acceptors (Lipinski definition) is 9. The lowest BCUT2D eigenvalue weighted by Gasteiger charge is -2.26. The summed E-state index contributed by atoms with van der Waals surface area (Å²) >= 11 is 10.9. The first-order chi connectivity index (χ1) is 21.2. The molecule has 1 aliphatic rings. The summed E-state index contributed by atoms with van der Waals surface area (Å²) in [7, 11) is 2.86. The van der Waals surface area contributed by atoms with Crippen molar-refractivity contribution in [2.75, 3.05) is 20.8 Å². The van der Waals surface area contributed by atoms with Gasteiger partial charge in [-0.1, -0.05) is 42.3 Å². The second-order valence-electron chi connectivity index (χ2n) is 9.69. The van der Waals surface area contributed by atoms with Gasteiger partial charge in [-0.3, -0.25) is 9.36 Å². The fourth-order valence-corrected chi connectivity index (χ4v) is 6.73. The number of ether oxygens (including phenoxy) is 3. The molecular formula is C32H28BrClN2O7S. The average molecular weight is 700 g/mol. The minimum Gasteiger partial charge on any atom is -0.496 e. The van der Waals surface area contributed by atoms with Crippen molar-refractivity contribution in [3.63, 3.8) is 0 Å². The molecule has 5 rings (SSSR count). The van der Waals surface area contributed by atoms with Gasteiger partial charge in [-0.2, -0.15) is 0 Å². The molecule has 0 aliphatic carbocycles. The van der Waals surface area contributed by atoms with E-state index in [0.29, 0.717) is 64.9 Å². The first kappa shape index (κ1) is 31.5. The van der Waals surface area contributed by atoms with Crippen LogP contribution in [0.25, 0.3) is 17.4 Å². The molecule has 12 heteroatoms.